The molecule has 0 aliphatic rings. The van der Waals surface area contributed by atoms with Crippen molar-refractivity contribution in [2.75, 3.05) is 6.26 Å². The highest BCUT2D eigenvalue weighted by Crippen LogP contribution is 2.29. The standard InChI is InChI=1S/C20H20FN3O6S2/c1-20(18(26)23-27,32(2,28)29)6-8-24-12-16(21)15(11-17(24)25)13-4-3-5-14(10-13)30-19-22-7-9-31-19/h3-5,7,9-12,27H,6,8H2,1-2H3,(H,23,26)/t20-/m1/s1. The Hall–Kier alpha value is -3.09. The Bertz CT molecular complexity index is 1290. The lowest BCUT2D eigenvalue weighted by atomic mass is 10.1. The number of pyridine rings is 1. The molecule has 9 nitrogen and oxygen atoms in total. The number of halogens is 1. The van der Waals surface area contributed by atoms with Crippen LogP contribution < -0.4 is 15.8 Å². The van der Waals surface area contributed by atoms with Crippen molar-refractivity contribution in [3.05, 3.63) is 64.3 Å². The number of nitrogens with one attached hydrogen (secondary N) is 1. The summed E-state index contributed by atoms with van der Waals surface area (Å²) in [5.41, 5.74) is 1.18. The molecule has 0 saturated carbocycles. The number of carbonyl (C=O) groups excluding carboxylic acids is 1. The molecule has 0 radical (unpaired) electrons. The number of hydroxylamine groups is 1. The van der Waals surface area contributed by atoms with E-state index < -0.39 is 31.9 Å². The minimum atomic E-state index is -3.95. The molecule has 2 heterocycles. The molecule has 0 fully saturated rings. The van der Waals surface area contributed by atoms with Crippen molar-refractivity contribution in [3.8, 4) is 22.1 Å². The van der Waals surface area contributed by atoms with E-state index in [9.17, 15) is 22.4 Å². The zero-order valence-electron chi connectivity index (χ0n) is 17.1. The van der Waals surface area contributed by atoms with Crippen LogP contribution in [0.5, 0.6) is 10.9 Å². The number of nitrogens with zero attached hydrogens (tertiary/aromatic N) is 2. The lowest BCUT2D eigenvalue weighted by Gasteiger charge is -2.25. The monoisotopic (exact) mass is 481 g/mol. The van der Waals surface area contributed by atoms with Gasteiger partial charge in [0, 0.05) is 42.2 Å². The van der Waals surface area contributed by atoms with Gasteiger partial charge in [0.05, 0.1) is 0 Å². The van der Waals surface area contributed by atoms with Gasteiger partial charge in [-0.2, -0.15) is 0 Å². The smallest absolute Gasteiger partial charge is 0.278 e. The molecule has 0 unspecified atom stereocenters. The number of carbonyl (C=O) groups is 1. The molecule has 170 valence electrons. The topological polar surface area (TPSA) is 128 Å². The van der Waals surface area contributed by atoms with Gasteiger partial charge in [0.25, 0.3) is 16.7 Å². The van der Waals surface area contributed by atoms with Gasteiger partial charge in [-0.15, -0.1) is 0 Å². The Kier molecular flexibility index (Phi) is 6.77. The number of amides is 1. The van der Waals surface area contributed by atoms with Crippen LogP contribution in [0.1, 0.15) is 13.3 Å². The van der Waals surface area contributed by atoms with E-state index in [4.69, 9.17) is 9.94 Å². The molecular weight excluding hydrogens is 461 g/mol. The van der Waals surface area contributed by atoms with Crippen LogP contribution in [0.4, 0.5) is 4.39 Å². The van der Waals surface area contributed by atoms with Crippen LogP contribution in [0.3, 0.4) is 0 Å². The molecule has 0 spiro atoms. The van der Waals surface area contributed by atoms with Crippen molar-refractivity contribution in [3.63, 3.8) is 0 Å². The molecular formula is C20H20FN3O6S2. The second kappa shape index (κ2) is 9.18. The van der Waals surface area contributed by atoms with Gasteiger partial charge in [-0.1, -0.05) is 23.5 Å². The SMILES string of the molecule is C[C@@](CCn1cc(F)c(-c2cccc(Oc3nccs3)c2)cc1=O)(C(=O)NO)S(C)(=O)=O. The van der Waals surface area contributed by atoms with Crippen LogP contribution in [-0.4, -0.2) is 40.1 Å². The zero-order chi connectivity index (χ0) is 23.5. The molecule has 0 aliphatic carbocycles. The molecule has 12 heteroatoms. The van der Waals surface area contributed by atoms with E-state index >= 15 is 0 Å². The fourth-order valence-electron chi connectivity index (χ4n) is 2.95. The van der Waals surface area contributed by atoms with Crippen LogP contribution >= 0.6 is 11.3 Å². The minimum Gasteiger partial charge on any atom is -0.431 e. The Morgan fingerprint density at radius 1 is 1.38 bits per heavy atom. The molecule has 0 aliphatic heterocycles. The van der Waals surface area contributed by atoms with Gasteiger partial charge in [0.15, 0.2) is 14.6 Å². The van der Waals surface area contributed by atoms with Gasteiger partial charge in [0.1, 0.15) is 11.6 Å². The first-order chi connectivity index (χ1) is 15.0. The molecule has 3 aromatic rings. The molecule has 0 bridgehead atoms. The largest absolute Gasteiger partial charge is 0.431 e. The van der Waals surface area contributed by atoms with Crippen LogP contribution in [0, 0.1) is 5.82 Å². The molecule has 2 N–H and O–H groups in total. The quantitative estimate of drug-likeness (QED) is 0.374. The van der Waals surface area contributed by atoms with Crippen molar-refractivity contribution < 1.29 is 27.5 Å². The maximum absolute atomic E-state index is 14.9. The van der Waals surface area contributed by atoms with E-state index in [1.807, 2.05) is 0 Å². The number of hydrogen-bond donors (Lipinski definition) is 2. The second-order valence-corrected chi connectivity index (χ2v) is 10.5. The lowest BCUT2D eigenvalue weighted by molar-refractivity contribution is -0.131. The molecule has 0 saturated heterocycles. The molecule has 1 atom stereocenters. The van der Waals surface area contributed by atoms with Crippen molar-refractivity contribution in [1.82, 2.24) is 15.0 Å². The number of benzene rings is 1. The summed E-state index contributed by atoms with van der Waals surface area (Å²) in [6, 6.07) is 7.58. The zero-order valence-corrected chi connectivity index (χ0v) is 18.7. The number of sulfone groups is 1. The molecule has 1 aromatic carbocycles. The highest BCUT2D eigenvalue weighted by molar-refractivity contribution is 7.92. The molecule has 3 rings (SSSR count). The van der Waals surface area contributed by atoms with Gasteiger partial charge in [-0.3, -0.25) is 14.8 Å². The van der Waals surface area contributed by atoms with Crippen molar-refractivity contribution in [1.29, 1.82) is 0 Å². The number of aromatic nitrogens is 2. The Morgan fingerprint density at radius 2 is 2.12 bits per heavy atom. The summed E-state index contributed by atoms with van der Waals surface area (Å²) in [4.78, 5) is 28.5. The molecule has 2 aromatic heterocycles. The molecule has 32 heavy (non-hydrogen) atoms. The Labute approximate surface area is 187 Å². The highest BCUT2D eigenvalue weighted by Gasteiger charge is 2.43. The fraction of sp³-hybridized carbons (Fsp3) is 0.250. The van der Waals surface area contributed by atoms with Crippen molar-refractivity contribution >= 4 is 27.1 Å². The fourth-order valence-corrected chi connectivity index (χ4v) is 4.30. The van der Waals surface area contributed by atoms with Crippen LogP contribution in [-0.2, 0) is 21.2 Å². The van der Waals surface area contributed by atoms with Crippen LogP contribution in [0.25, 0.3) is 11.1 Å². The summed E-state index contributed by atoms with van der Waals surface area (Å²) >= 11 is 1.29. The second-order valence-electron chi connectivity index (χ2n) is 7.19. The number of rotatable bonds is 8. The number of aryl methyl sites for hydroxylation is 1. The Balaban J connectivity index is 1.87. The number of ether oxygens (including phenoxy) is 1. The molecule has 1 amide bonds. The van der Waals surface area contributed by atoms with Gasteiger partial charge < -0.3 is 9.30 Å². The predicted octanol–water partition coefficient (Wildman–Crippen LogP) is 2.60. The number of thiazole rings is 1. The summed E-state index contributed by atoms with van der Waals surface area (Å²) < 4.78 is 43.6. The minimum absolute atomic E-state index is 0.0369. The summed E-state index contributed by atoms with van der Waals surface area (Å²) in [6.45, 7) is 0.859. The van der Waals surface area contributed by atoms with E-state index in [1.54, 1.807) is 35.8 Å². The first-order valence-electron chi connectivity index (χ1n) is 9.27. The first-order valence-corrected chi connectivity index (χ1v) is 12.0. The maximum atomic E-state index is 14.9. The maximum Gasteiger partial charge on any atom is 0.278 e. The van der Waals surface area contributed by atoms with Gasteiger partial charge in [-0.05, 0) is 31.0 Å². The third-order valence-corrected chi connectivity index (χ3v) is 7.74. The summed E-state index contributed by atoms with van der Waals surface area (Å²) in [5.74, 6) is -1.44. The average molecular weight is 482 g/mol. The van der Waals surface area contributed by atoms with E-state index in [2.05, 4.69) is 4.98 Å². The Morgan fingerprint density at radius 3 is 2.75 bits per heavy atom. The van der Waals surface area contributed by atoms with Crippen LogP contribution in [0.2, 0.25) is 0 Å². The third-order valence-electron chi connectivity index (χ3n) is 5.07. The van der Waals surface area contributed by atoms with E-state index in [-0.39, 0.29) is 18.5 Å². The van der Waals surface area contributed by atoms with E-state index in [1.165, 1.54) is 16.8 Å². The normalized spacial score (nSPS) is 13.4. The van der Waals surface area contributed by atoms with Gasteiger partial charge in [0.2, 0.25) is 0 Å². The van der Waals surface area contributed by atoms with Gasteiger partial charge >= 0.3 is 0 Å². The van der Waals surface area contributed by atoms with Gasteiger partial charge in [-0.25, -0.2) is 23.3 Å². The first kappa shape index (κ1) is 23.6. The van der Waals surface area contributed by atoms with Crippen molar-refractivity contribution in [2.45, 2.75) is 24.6 Å². The van der Waals surface area contributed by atoms with E-state index in [0.29, 0.717) is 16.5 Å². The number of hydrogen-bond acceptors (Lipinski definition) is 8. The summed E-state index contributed by atoms with van der Waals surface area (Å²) in [5, 5.41) is 11.1. The third kappa shape index (κ3) is 4.87. The van der Waals surface area contributed by atoms with Crippen LogP contribution in [0.15, 0.2) is 52.9 Å². The summed E-state index contributed by atoms with van der Waals surface area (Å²) in [6.07, 6.45) is 3.03. The lowest BCUT2D eigenvalue weighted by Crippen LogP contribution is -2.50. The average Bonchev–Trinajstić information content (AvgIpc) is 3.25. The summed E-state index contributed by atoms with van der Waals surface area (Å²) in [7, 11) is -3.95. The van der Waals surface area contributed by atoms with Crippen molar-refractivity contribution in [2.24, 2.45) is 0 Å². The predicted molar refractivity (Wildman–Crippen MR) is 116 cm³/mol. The van der Waals surface area contributed by atoms with E-state index in [0.717, 1.165) is 30.0 Å². The highest BCUT2D eigenvalue weighted by atomic mass is 32.2.